The summed E-state index contributed by atoms with van der Waals surface area (Å²) in [4.78, 5) is 0. The van der Waals surface area contributed by atoms with E-state index in [-0.39, 0.29) is 0 Å². The van der Waals surface area contributed by atoms with Crippen molar-refractivity contribution in [3.63, 3.8) is 0 Å². The molecule has 0 bridgehead atoms. The lowest BCUT2D eigenvalue weighted by molar-refractivity contribution is 0.569. The smallest absolute Gasteiger partial charge is 0.271 e. The van der Waals surface area contributed by atoms with Crippen molar-refractivity contribution in [2.45, 2.75) is 20.8 Å². The van der Waals surface area contributed by atoms with Crippen molar-refractivity contribution in [2.75, 3.05) is 17.8 Å². The summed E-state index contributed by atoms with van der Waals surface area (Å²) in [7, 11) is -3.31. The second-order valence-corrected chi connectivity index (χ2v) is 5.93. The number of hydrogen-bond donors (Lipinski definition) is 1. The van der Waals surface area contributed by atoms with Gasteiger partial charge in [-0.05, 0) is 43.5 Å². The van der Waals surface area contributed by atoms with Crippen molar-refractivity contribution < 1.29 is 8.42 Å². The van der Waals surface area contributed by atoms with Crippen molar-refractivity contribution in [1.82, 2.24) is 4.31 Å². The van der Waals surface area contributed by atoms with Gasteiger partial charge in [0.25, 0.3) is 0 Å². The Morgan fingerprint density at radius 1 is 1.06 bits per heavy atom. The van der Waals surface area contributed by atoms with Crippen LogP contribution < -0.4 is 4.72 Å². The van der Waals surface area contributed by atoms with Gasteiger partial charge in [0.1, 0.15) is 0 Å². The number of nitrogens with one attached hydrogen (secondary N) is 1. The van der Waals surface area contributed by atoms with E-state index in [0.717, 1.165) is 11.1 Å². The second-order valence-electron chi connectivity index (χ2n) is 4.26. The summed E-state index contributed by atoms with van der Waals surface area (Å²) < 4.78 is 27.5. The number of anilines is 1. The van der Waals surface area contributed by atoms with E-state index < -0.39 is 10.2 Å². The monoisotopic (exact) mass is 240 g/mol. The molecule has 1 aliphatic rings. The molecule has 0 amide bonds. The first-order valence-corrected chi connectivity index (χ1v) is 6.70. The molecule has 0 aromatic heterocycles. The van der Waals surface area contributed by atoms with Crippen LogP contribution in [0.4, 0.5) is 5.69 Å². The summed E-state index contributed by atoms with van der Waals surface area (Å²) >= 11 is 0. The Labute approximate surface area is 96.5 Å². The van der Waals surface area contributed by atoms with E-state index in [9.17, 15) is 8.42 Å². The average Bonchev–Trinajstić information content (AvgIpc) is 2.96. The van der Waals surface area contributed by atoms with Gasteiger partial charge in [-0.25, -0.2) is 0 Å². The van der Waals surface area contributed by atoms with Crippen LogP contribution in [0.25, 0.3) is 0 Å². The lowest BCUT2D eigenvalue weighted by Crippen LogP contribution is -2.21. The molecule has 0 atom stereocenters. The fourth-order valence-corrected chi connectivity index (χ4v) is 2.74. The number of aryl methyl sites for hydroxylation is 3. The van der Waals surface area contributed by atoms with Gasteiger partial charge in [-0.2, -0.15) is 12.7 Å². The van der Waals surface area contributed by atoms with Crippen molar-refractivity contribution >= 4 is 15.9 Å². The third-order valence-corrected chi connectivity index (χ3v) is 4.35. The molecule has 1 fully saturated rings. The fourth-order valence-electron chi connectivity index (χ4n) is 1.56. The first-order chi connectivity index (χ1) is 7.40. The van der Waals surface area contributed by atoms with E-state index >= 15 is 0 Å². The van der Waals surface area contributed by atoms with Gasteiger partial charge >= 0.3 is 10.2 Å². The molecule has 1 N–H and O–H groups in total. The highest BCUT2D eigenvalue weighted by Gasteiger charge is 2.31. The van der Waals surface area contributed by atoms with Crippen LogP contribution in [0.2, 0.25) is 0 Å². The zero-order valence-corrected chi connectivity index (χ0v) is 10.6. The molecule has 0 radical (unpaired) electrons. The number of nitrogens with zero attached hydrogens (tertiary/aromatic N) is 1. The summed E-state index contributed by atoms with van der Waals surface area (Å²) in [6.45, 7) is 7.15. The van der Waals surface area contributed by atoms with Gasteiger partial charge in [0.05, 0.1) is 5.69 Å². The lowest BCUT2D eigenvalue weighted by atomic mass is 10.1. The Hall–Kier alpha value is -1.07. The lowest BCUT2D eigenvalue weighted by Gasteiger charge is -2.12. The molecule has 1 aliphatic heterocycles. The molecule has 0 spiro atoms. The summed E-state index contributed by atoms with van der Waals surface area (Å²) in [5, 5.41) is 0. The van der Waals surface area contributed by atoms with Crippen LogP contribution in [0.5, 0.6) is 0 Å². The minimum atomic E-state index is -3.31. The maximum Gasteiger partial charge on any atom is 0.301 e. The summed E-state index contributed by atoms with van der Waals surface area (Å²) in [6.07, 6.45) is 0. The molecule has 1 heterocycles. The molecule has 5 heteroatoms. The average molecular weight is 240 g/mol. The Morgan fingerprint density at radius 3 is 2.19 bits per heavy atom. The summed E-state index contributed by atoms with van der Waals surface area (Å²) in [5.41, 5.74) is 3.89. The van der Waals surface area contributed by atoms with Crippen LogP contribution >= 0.6 is 0 Å². The molecule has 2 rings (SSSR count). The Bertz CT molecular complexity index is 519. The first-order valence-electron chi connectivity index (χ1n) is 5.26. The van der Waals surface area contributed by atoms with Crippen molar-refractivity contribution in [1.29, 1.82) is 0 Å². The van der Waals surface area contributed by atoms with Crippen LogP contribution in [0, 0.1) is 20.8 Å². The minimum absolute atomic E-state index is 0.624. The topological polar surface area (TPSA) is 49.2 Å². The normalized spacial score (nSPS) is 16.2. The van der Waals surface area contributed by atoms with Crippen LogP contribution in [-0.2, 0) is 10.2 Å². The van der Waals surface area contributed by atoms with Crippen LogP contribution in [0.1, 0.15) is 16.7 Å². The van der Waals surface area contributed by atoms with Crippen molar-refractivity contribution in [2.24, 2.45) is 0 Å². The van der Waals surface area contributed by atoms with Crippen LogP contribution in [0.15, 0.2) is 12.1 Å². The van der Waals surface area contributed by atoms with Gasteiger partial charge in [0.2, 0.25) is 0 Å². The first kappa shape index (κ1) is 11.4. The number of benzene rings is 1. The minimum Gasteiger partial charge on any atom is -0.271 e. The van der Waals surface area contributed by atoms with E-state index in [0.29, 0.717) is 18.8 Å². The largest absolute Gasteiger partial charge is 0.301 e. The fraction of sp³-hybridized carbons (Fsp3) is 0.455. The molecule has 16 heavy (non-hydrogen) atoms. The maximum atomic E-state index is 11.7. The highest BCUT2D eigenvalue weighted by Crippen LogP contribution is 2.23. The third kappa shape index (κ3) is 2.20. The SMILES string of the molecule is Cc1cc(C)c(NS(=O)(=O)N2CC2)cc1C. The van der Waals surface area contributed by atoms with Gasteiger partial charge < -0.3 is 0 Å². The molecule has 1 aromatic rings. The third-order valence-electron chi connectivity index (χ3n) is 2.83. The zero-order valence-electron chi connectivity index (χ0n) is 9.74. The van der Waals surface area contributed by atoms with Gasteiger partial charge in [-0.1, -0.05) is 6.07 Å². The molecular weight excluding hydrogens is 224 g/mol. The Morgan fingerprint density at radius 2 is 1.62 bits per heavy atom. The van der Waals surface area contributed by atoms with E-state index in [2.05, 4.69) is 4.72 Å². The second kappa shape index (κ2) is 3.75. The number of rotatable bonds is 3. The highest BCUT2D eigenvalue weighted by atomic mass is 32.2. The van der Waals surface area contributed by atoms with Gasteiger partial charge in [-0.3, -0.25) is 4.72 Å². The predicted octanol–water partition coefficient (Wildman–Crippen LogP) is 1.58. The zero-order chi connectivity index (χ0) is 11.9. The molecule has 0 unspecified atom stereocenters. The maximum absolute atomic E-state index is 11.7. The number of hydrogen-bond acceptors (Lipinski definition) is 2. The molecule has 1 saturated heterocycles. The van der Waals surface area contributed by atoms with Crippen LogP contribution in [-0.4, -0.2) is 25.8 Å². The molecular formula is C11H16N2O2S. The predicted molar refractivity (Wildman–Crippen MR) is 64.8 cm³/mol. The van der Waals surface area contributed by atoms with Crippen molar-refractivity contribution in [3.05, 3.63) is 28.8 Å². The van der Waals surface area contributed by atoms with E-state index in [1.807, 2.05) is 32.9 Å². The Kier molecular flexibility index (Phi) is 2.67. The summed E-state index contributed by atoms with van der Waals surface area (Å²) in [5.74, 6) is 0. The molecule has 4 nitrogen and oxygen atoms in total. The van der Waals surface area contributed by atoms with E-state index in [1.54, 1.807) is 0 Å². The van der Waals surface area contributed by atoms with Crippen LogP contribution in [0.3, 0.4) is 0 Å². The van der Waals surface area contributed by atoms with Gasteiger partial charge in [0, 0.05) is 13.1 Å². The standard InChI is InChI=1S/C11H16N2O2S/c1-8-6-10(3)11(7-9(8)2)12-16(14,15)13-4-5-13/h6-7,12H,4-5H2,1-3H3. The molecule has 0 saturated carbocycles. The Balaban J connectivity index is 2.31. The van der Waals surface area contributed by atoms with Gasteiger partial charge in [0.15, 0.2) is 0 Å². The highest BCUT2D eigenvalue weighted by molar-refractivity contribution is 7.90. The molecule has 88 valence electrons. The van der Waals surface area contributed by atoms with E-state index in [1.165, 1.54) is 9.87 Å². The van der Waals surface area contributed by atoms with E-state index in [4.69, 9.17) is 0 Å². The molecule has 1 aromatic carbocycles. The molecule has 0 aliphatic carbocycles. The van der Waals surface area contributed by atoms with Crippen molar-refractivity contribution in [3.8, 4) is 0 Å². The summed E-state index contributed by atoms with van der Waals surface area (Å²) in [6, 6.07) is 3.88. The van der Waals surface area contributed by atoms with Gasteiger partial charge in [-0.15, -0.1) is 0 Å². The quantitative estimate of drug-likeness (QED) is 0.816.